The third kappa shape index (κ3) is 4.83. The third-order valence-corrected chi connectivity index (χ3v) is 4.73. The van der Waals surface area contributed by atoms with E-state index in [-0.39, 0.29) is 11.6 Å². The number of rotatable bonds is 4. The Bertz CT molecular complexity index is 217. The zero-order valence-electron chi connectivity index (χ0n) is 10.4. The third-order valence-electron chi connectivity index (χ3n) is 2.33. The molecule has 0 radical (unpaired) electrons. The smallest absolute Gasteiger partial charge is 0.0654 e. The van der Waals surface area contributed by atoms with Crippen LogP contribution in [0.15, 0.2) is 0 Å². The van der Waals surface area contributed by atoms with Crippen molar-refractivity contribution in [3.8, 4) is 11.8 Å². The number of hydrogen-bond donors (Lipinski definition) is 1. The first-order valence-corrected chi connectivity index (χ1v) is 8.97. The minimum absolute atomic E-state index is 0.217. The summed E-state index contributed by atoms with van der Waals surface area (Å²) >= 11 is 0. The highest BCUT2D eigenvalue weighted by atomic mass is 28.3. The van der Waals surface area contributed by atoms with Gasteiger partial charge in [0.25, 0.3) is 0 Å². The van der Waals surface area contributed by atoms with Crippen molar-refractivity contribution < 1.29 is 5.11 Å². The fourth-order valence-corrected chi connectivity index (χ4v) is 3.53. The van der Waals surface area contributed by atoms with Gasteiger partial charge in [0.2, 0.25) is 0 Å². The average molecular weight is 212 g/mol. The largest absolute Gasteiger partial charge is 0.392 e. The zero-order chi connectivity index (χ0) is 11.4. The summed E-state index contributed by atoms with van der Waals surface area (Å²) in [7, 11) is -1.36. The van der Waals surface area contributed by atoms with E-state index in [1.807, 2.05) is 6.92 Å². The Morgan fingerprint density at radius 2 is 1.71 bits per heavy atom. The van der Waals surface area contributed by atoms with Gasteiger partial charge in [-0.05, 0) is 19.3 Å². The SMILES string of the molecule is CC#C[C@H]([C@H](O)CC(C)C)[Si](C)(C)C. The monoisotopic (exact) mass is 212 g/mol. The maximum absolute atomic E-state index is 10.1. The Morgan fingerprint density at radius 3 is 2.00 bits per heavy atom. The molecule has 0 aliphatic heterocycles. The fourth-order valence-electron chi connectivity index (χ4n) is 1.66. The Balaban J connectivity index is 4.55. The first-order valence-electron chi connectivity index (χ1n) is 5.39. The molecular weight excluding hydrogens is 188 g/mol. The molecule has 0 saturated heterocycles. The van der Waals surface area contributed by atoms with Crippen LogP contribution in [0.2, 0.25) is 25.2 Å². The van der Waals surface area contributed by atoms with Crippen molar-refractivity contribution >= 4 is 8.07 Å². The minimum Gasteiger partial charge on any atom is -0.392 e. The average Bonchev–Trinajstić information content (AvgIpc) is 1.96. The van der Waals surface area contributed by atoms with E-state index in [0.717, 1.165) is 6.42 Å². The van der Waals surface area contributed by atoms with Gasteiger partial charge in [-0.15, -0.1) is 11.8 Å². The van der Waals surface area contributed by atoms with Gasteiger partial charge in [0.05, 0.1) is 14.2 Å². The molecule has 0 aromatic carbocycles. The van der Waals surface area contributed by atoms with Crippen LogP contribution in [0.25, 0.3) is 0 Å². The Labute approximate surface area is 89.9 Å². The molecule has 0 aliphatic rings. The van der Waals surface area contributed by atoms with Crippen LogP contribution in [-0.4, -0.2) is 19.3 Å². The van der Waals surface area contributed by atoms with Gasteiger partial charge in [-0.2, -0.15) is 0 Å². The lowest BCUT2D eigenvalue weighted by molar-refractivity contribution is 0.152. The number of aliphatic hydroxyl groups excluding tert-OH is 1. The van der Waals surface area contributed by atoms with E-state index in [9.17, 15) is 5.11 Å². The van der Waals surface area contributed by atoms with Crippen LogP contribution in [0.4, 0.5) is 0 Å². The van der Waals surface area contributed by atoms with Gasteiger partial charge >= 0.3 is 0 Å². The second-order valence-corrected chi connectivity index (χ2v) is 10.8. The van der Waals surface area contributed by atoms with Gasteiger partial charge in [-0.25, -0.2) is 0 Å². The quantitative estimate of drug-likeness (QED) is 0.561. The molecule has 0 bridgehead atoms. The van der Waals surface area contributed by atoms with E-state index < -0.39 is 8.07 Å². The first kappa shape index (κ1) is 13.7. The summed E-state index contributed by atoms with van der Waals surface area (Å²) in [5.74, 6) is 6.69. The van der Waals surface area contributed by atoms with Crippen molar-refractivity contribution in [2.24, 2.45) is 5.92 Å². The van der Waals surface area contributed by atoms with Crippen LogP contribution < -0.4 is 0 Å². The van der Waals surface area contributed by atoms with Crippen molar-refractivity contribution in [1.29, 1.82) is 0 Å². The molecule has 0 heterocycles. The van der Waals surface area contributed by atoms with E-state index in [0.29, 0.717) is 5.92 Å². The molecule has 1 nitrogen and oxygen atoms in total. The fraction of sp³-hybridized carbons (Fsp3) is 0.833. The van der Waals surface area contributed by atoms with Crippen molar-refractivity contribution in [3.63, 3.8) is 0 Å². The normalized spacial score (nSPS) is 16.0. The van der Waals surface area contributed by atoms with Gasteiger partial charge in [-0.3, -0.25) is 0 Å². The topological polar surface area (TPSA) is 20.2 Å². The standard InChI is InChI=1S/C12H24OSi/c1-7-8-12(14(4,5)6)11(13)9-10(2)3/h10-13H,9H2,1-6H3/t11-,12-/m1/s1. The Morgan fingerprint density at radius 1 is 1.21 bits per heavy atom. The van der Waals surface area contributed by atoms with Crippen molar-refractivity contribution in [3.05, 3.63) is 0 Å². The van der Waals surface area contributed by atoms with E-state index in [4.69, 9.17) is 0 Å². The molecule has 14 heavy (non-hydrogen) atoms. The predicted octanol–water partition coefficient (Wildman–Crippen LogP) is 3.13. The molecule has 0 saturated carbocycles. The summed E-state index contributed by atoms with van der Waals surface area (Å²) in [6.07, 6.45) is 0.623. The summed E-state index contributed by atoms with van der Waals surface area (Å²) in [5.41, 5.74) is 0.217. The highest BCUT2D eigenvalue weighted by Gasteiger charge is 2.31. The van der Waals surface area contributed by atoms with Crippen LogP contribution in [0.3, 0.4) is 0 Å². The van der Waals surface area contributed by atoms with Crippen molar-refractivity contribution in [2.75, 3.05) is 0 Å². The van der Waals surface area contributed by atoms with Crippen LogP contribution in [0, 0.1) is 17.8 Å². The van der Waals surface area contributed by atoms with E-state index in [1.54, 1.807) is 0 Å². The summed E-state index contributed by atoms with van der Waals surface area (Å²) in [4.78, 5) is 0. The molecule has 82 valence electrons. The molecule has 0 aromatic rings. The number of hydrogen-bond acceptors (Lipinski definition) is 1. The Hall–Kier alpha value is -0.263. The van der Waals surface area contributed by atoms with Gasteiger partial charge in [-0.1, -0.05) is 33.5 Å². The van der Waals surface area contributed by atoms with Gasteiger partial charge in [0.15, 0.2) is 0 Å². The van der Waals surface area contributed by atoms with Crippen LogP contribution in [-0.2, 0) is 0 Å². The van der Waals surface area contributed by atoms with E-state index in [2.05, 4.69) is 45.3 Å². The predicted molar refractivity (Wildman–Crippen MR) is 66.0 cm³/mol. The highest BCUT2D eigenvalue weighted by Crippen LogP contribution is 2.28. The lowest BCUT2D eigenvalue weighted by atomic mass is 10.0. The van der Waals surface area contributed by atoms with Crippen molar-refractivity contribution in [2.45, 2.75) is 58.5 Å². The molecule has 0 aliphatic carbocycles. The number of aliphatic hydroxyl groups is 1. The van der Waals surface area contributed by atoms with E-state index in [1.165, 1.54) is 0 Å². The molecule has 1 N–H and O–H groups in total. The molecule has 0 rings (SSSR count). The second kappa shape index (κ2) is 5.58. The zero-order valence-corrected chi connectivity index (χ0v) is 11.4. The second-order valence-electron chi connectivity index (χ2n) is 5.43. The van der Waals surface area contributed by atoms with Gasteiger partial charge < -0.3 is 5.11 Å². The summed E-state index contributed by atoms with van der Waals surface area (Å²) in [6.45, 7) is 13.0. The summed E-state index contributed by atoms with van der Waals surface area (Å²) in [5, 5.41) is 10.1. The molecule has 2 atom stereocenters. The highest BCUT2D eigenvalue weighted by molar-refractivity contribution is 6.78. The molecular formula is C12H24OSi. The molecule has 2 heteroatoms. The lowest BCUT2D eigenvalue weighted by Gasteiger charge is -2.29. The van der Waals surface area contributed by atoms with Crippen LogP contribution >= 0.6 is 0 Å². The molecule has 0 aromatic heterocycles. The van der Waals surface area contributed by atoms with E-state index >= 15 is 0 Å². The van der Waals surface area contributed by atoms with Crippen LogP contribution in [0.5, 0.6) is 0 Å². The summed E-state index contributed by atoms with van der Waals surface area (Å²) in [6, 6.07) is 0. The molecule has 0 unspecified atom stereocenters. The van der Waals surface area contributed by atoms with Gasteiger partial charge in [0, 0.05) is 5.54 Å². The summed E-state index contributed by atoms with van der Waals surface area (Å²) < 4.78 is 0. The minimum atomic E-state index is -1.36. The van der Waals surface area contributed by atoms with Crippen LogP contribution in [0.1, 0.15) is 27.2 Å². The first-order chi connectivity index (χ1) is 6.29. The molecule has 0 amide bonds. The van der Waals surface area contributed by atoms with Crippen molar-refractivity contribution in [1.82, 2.24) is 0 Å². The molecule has 0 fully saturated rings. The maximum atomic E-state index is 10.1. The van der Waals surface area contributed by atoms with Gasteiger partial charge in [0.1, 0.15) is 0 Å². The maximum Gasteiger partial charge on any atom is 0.0654 e. The molecule has 0 spiro atoms. The lowest BCUT2D eigenvalue weighted by Crippen LogP contribution is -2.36. The Kier molecular flexibility index (Phi) is 5.47.